The summed E-state index contributed by atoms with van der Waals surface area (Å²) in [6.07, 6.45) is -9.08. The molecule has 4 aromatic rings. The minimum absolute atomic E-state index is 0.0232. The number of hydrogen-bond acceptors (Lipinski definition) is 4. The summed E-state index contributed by atoms with van der Waals surface area (Å²) in [5.74, 6) is -5.74. The monoisotopic (exact) mass is 726 g/mol. The number of carbonyl (C=O) groups is 3. The average molecular weight is 727 g/mol. The van der Waals surface area contributed by atoms with Crippen LogP contribution in [0.2, 0.25) is 0 Å². The number of amides is 2. The van der Waals surface area contributed by atoms with Gasteiger partial charge in [-0.1, -0.05) is 18.2 Å². The zero-order chi connectivity index (χ0) is 38.1. The molecule has 0 bridgehead atoms. The van der Waals surface area contributed by atoms with Crippen LogP contribution in [0.5, 0.6) is 0 Å². The molecule has 0 unspecified atom stereocenters. The number of nitrogens with one attached hydrogen (secondary N) is 1. The Labute approximate surface area is 284 Å². The normalized spacial score (nSPS) is 13.2. The first-order valence-corrected chi connectivity index (χ1v) is 14.9. The summed E-state index contributed by atoms with van der Waals surface area (Å²) in [7, 11) is 1.51. The summed E-state index contributed by atoms with van der Waals surface area (Å²) in [5.41, 5.74) is -6.59. The maximum Gasteiger partial charge on any atom is 0.437 e. The third-order valence-electron chi connectivity index (χ3n) is 7.23. The Morgan fingerprint density at radius 1 is 0.902 bits per heavy atom. The Bertz CT molecular complexity index is 2040. The maximum atomic E-state index is 16.3. The van der Waals surface area contributed by atoms with Gasteiger partial charge in [-0.25, -0.2) is 13.6 Å². The van der Waals surface area contributed by atoms with E-state index in [0.717, 1.165) is 24.3 Å². The number of aryl methyl sites for hydroxylation is 1. The quantitative estimate of drug-likeness (QED) is 0.181. The fourth-order valence-corrected chi connectivity index (χ4v) is 5.06. The third-order valence-corrected chi connectivity index (χ3v) is 7.23. The Kier molecular flexibility index (Phi) is 10.8. The molecule has 0 aliphatic heterocycles. The first-order valence-electron chi connectivity index (χ1n) is 14.9. The largest absolute Gasteiger partial charge is 0.481 e. The number of rotatable bonds is 8. The Morgan fingerprint density at radius 3 is 2.20 bits per heavy atom. The molecule has 272 valence electrons. The summed E-state index contributed by atoms with van der Waals surface area (Å²) in [5, 5.41) is 11.7. The van der Waals surface area contributed by atoms with Crippen LogP contribution < -0.4 is 10.9 Å². The number of hydrogen-bond donors (Lipinski definition) is 2. The van der Waals surface area contributed by atoms with E-state index in [1.54, 1.807) is 20.8 Å². The average Bonchev–Trinajstić information content (AvgIpc) is 3.33. The molecule has 0 radical (unpaired) electrons. The Hall–Kier alpha value is -5.48. The predicted octanol–water partition coefficient (Wildman–Crippen LogP) is 7.64. The smallest absolute Gasteiger partial charge is 0.437 e. The SMILES string of the molecule is Cn1ccn(Cc2cc(C(=O)N[C@@H](CC(=O)O)c3cccc(C(F)(F)F)c3)c(F)c(-c3ccc(F)cc3C(F)(F)F)c2)/c1=N\C(=O)OC(C)(C)C. The molecule has 2 N–H and O–H groups in total. The van der Waals surface area contributed by atoms with Crippen LogP contribution in [-0.2, 0) is 35.5 Å². The van der Waals surface area contributed by atoms with Gasteiger partial charge in [-0.15, -0.1) is 4.99 Å². The Morgan fingerprint density at radius 2 is 1.59 bits per heavy atom. The standard InChI is InChI=1S/C34H30F8N4O5/c1-32(2,3)51-31(50)44-30-45(4)10-11-46(30)17-18-12-23(22-9-8-21(35)15-25(22)34(40,41)42)28(36)24(13-18)29(49)43-26(16-27(47)48)19-6-5-7-20(14-19)33(37,38)39/h5-15,26H,16-17H2,1-4H3,(H,43,49)(H,47,48)/b44-30-/t26-/m0/s1. The molecule has 0 aliphatic rings. The summed E-state index contributed by atoms with van der Waals surface area (Å²) in [4.78, 5) is 41.7. The highest BCUT2D eigenvalue weighted by Crippen LogP contribution is 2.40. The van der Waals surface area contributed by atoms with Gasteiger partial charge in [0, 0.05) is 25.0 Å². The number of aromatic nitrogens is 2. The highest BCUT2D eigenvalue weighted by molar-refractivity contribution is 5.97. The second-order valence-corrected chi connectivity index (χ2v) is 12.4. The van der Waals surface area contributed by atoms with Crippen molar-refractivity contribution in [2.75, 3.05) is 0 Å². The molecule has 0 aliphatic carbocycles. The molecule has 1 heterocycles. The first-order chi connectivity index (χ1) is 23.5. The van der Waals surface area contributed by atoms with Crippen molar-refractivity contribution in [3.8, 4) is 11.1 Å². The molecule has 51 heavy (non-hydrogen) atoms. The van der Waals surface area contributed by atoms with Gasteiger partial charge >= 0.3 is 24.4 Å². The number of benzene rings is 3. The van der Waals surface area contributed by atoms with Gasteiger partial charge in [-0.2, -0.15) is 26.3 Å². The highest BCUT2D eigenvalue weighted by Gasteiger charge is 2.36. The molecule has 2 amide bonds. The zero-order valence-corrected chi connectivity index (χ0v) is 27.3. The van der Waals surface area contributed by atoms with E-state index in [0.29, 0.717) is 24.3 Å². The lowest BCUT2D eigenvalue weighted by atomic mass is 9.94. The van der Waals surface area contributed by atoms with Crippen molar-refractivity contribution in [1.82, 2.24) is 14.5 Å². The molecule has 4 rings (SSSR count). The first kappa shape index (κ1) is 38.3. The minimum atomic E-state index is -5.19. The predicted molar refractivity (Wildman–Crippen MR) is 165 cm³/mol. The van der Waals surface area contributed by atoms with Crippen LogP contribution in [-0.4, -0.2) is 37.8 Å². The molecule has 0 fully saturated rings. The van der Waals surface area contributed by atoms with E-state index in [1.165, 1.54) is 28.6 Å². The molecular weight excluding hydrogens is 696 g/mol. The Balaban J connectivity index is 1.89. The van der Waals surface area contributed by atoms with Crippen LogP contribution in [0.3, 0.4) is 0 Å². The molecule has 9 nitrogen and oxygen atoms in total. The van der Waals surface area contributed by atoms with Crippen LogP contribution >= 0.6 is 0 Å². The molecule has 0 saturated heterocycles. The molecule has 0 spiro atoms. The van der Waals surface area contributed by atoms with E-state index >= 15 is 4.39 Å². The molecular formula is C34H30F8N4O5. The third kappa shape index (κ3) is 9.61. The van der Waals surface area contributed by atoms with Crippen LogP contribution in [0.15, 0.2) is 72.0 Å². The number of nitrogens with zero attached hydrogens (tertiary/aromatic N) is 3. The molecule has 17 heteroatoms. The van der Waals surface area contributed by atoms with Crippen molar-refractivity contribution in [1.29, 1.82) is 0 Å². The van der Waals surface area contributed by atoms with Gasteiger partial charge in [0.25, 0.3) is 5.91 Å². The van der Waals surface area contributed by atoms with Crippen LogP contribution in [0.1, 0.15) is 65.8 Å². The van der Waals surface area contributed by atoms with E-state index < -0.39 is 87.8 Å². The molecule has 0 saturated carbocycles. The number of imidazole rings is 1. The van der Waals surface area contributed by atoms with Gasteiger partial charge in [0.1, 0.15) is 17.2 Å². The van der Waals surface area contributed by atoms with Crippen LogP contribution in [0, 0.1) is 11.6 Å². The second-order valence-electron chi connectivity index (χ2n) is 12.4. The van der Waals surface area contributed by atoms with Gasteiger partial charge in [0.05, 0.1) is 35.7 Å². The van der Waals surface area contributed by atoms with Crippen molar-refractivity contribution in [2.24, 2.45) is 12.0 Å². The van der Waals surface area contributed by atoms with Crippen molar-refractivity contribution >= 4 is 18.0 Å². The van der Waals surface area contributed by atoms with E-state index in [2.05, 4.69) is 10.3 Å². The number of aliphatic carboxylic acids is 1. The van der Waals surface area contributed by atoms with Crippen LogP contribution in [0.25, 0.3) is 11.1 Å². The second kappa shape index (κ2) is 14.4. The number of carboxylic acid groups (broad SMARTS) is 1. The van der Waals surface area contributed by atoms with Gasteiger partial charge in [0.15, 0.2) is 0 Å². The highest BCUT2D eigenvalue weighted by atomic mass is 19.4. The topological polar surface area (TPSA) is 115 Å². The van der Waals surface area contributed by atoms with Gasteiger partial charge in [-0.3, -0.25) is 9.59 Å². The molecule has 3 aromatic carbocycles. The van der Waals surface area contributed by atoms with Gasteiger partial charge in [-0.05, 0) is 73.9 Å². The minimum Gasteiger partial charge on any atom is -0.481 e. The summed E-state index contributed by atoms with van der Waals surface area (Å²) in [6.45, 7) is 4.46. The van der Waals surface area contributed by atoms with E-state index in [9.17, 15) is 50.2 Å². The number of carboxylic acids is 1. The summed E-state index contributed by atoms with van der Waals surface area (Å²) in [6, 6.07) is 5.10. The van der Waals surface area contributed by atoms with Crippen molar-refractivity contribution in [3.05, 3.63) is 112 Å². The lowest BCUT2D eigenvalue weighted by Crippen LogP contribution is -2.31. The van der Waals surface area contributed by atoms with Crippen molar-refractivity contribution in [3.63, 3.8) is 0 Å². The summed E-state index contributed by atoms with van der Waals surface area (Å²) < 4.78 is 121. The van der Waals surface area contributed by atoms with Gasteiger partial charge < -0.3 is 24.3 Å². The molecule has 1 atom stereocenters. The fourth-order valence-electron chi connectivity index (χ4n) is 5.06. The fraction of sp³-hybridized carbons (Fsp3) is 0.294. The number of ether oxygens (including phenoxy) is 1. The van der Waals surface area contributed by atoms with Crippen molar-refractivity contribution in [2.45, 2.75) is 57.7 Å². The molecule has 1 aromatic heterocycles. The van der Waals surface area contributed by atoms with Crippen molar-refractivity contribution < 1.29 is 59.4 Å². The zero-order valence-electron chi connectivity index (χ0n) is 27.3. The number of halogens is 8. The van der Waals surface area contributed by atoms with E-state index in [4.69, 9.17) is 4.74 Å². The van der Waals surface area contributed by atoms with Crippen LogP contribution in [0.4, 0.5) is 39.9 Å². The maximum absolute atomic E-state index is 16.3. The van der Waals surface area contributed by atoms with Gasteiger partial charge in [0.2, 0.25) is 5.62 Å². The number of alkyl halides is 6. The lowest BCUT2D eigenvalue weighted by Gasteiger charge is -2.21. The lowest BCUT2D eigenvalue weighted by molar-refractivity contribution is -0.138. The van der Waals surface area contributed by atoms with E-state index in [-0.39, 0.29) is 29.4 Å². The summed E-state index contributed by atoms with van der Waals surface area (Å²) >= 11 is 0. The van der Waals surface area contributed by atoms with E-state index in [1.807, 2.05) is 0 Å². The number of carbonyl (C=O) groups excluding carboxylic acids is 2.